The topological polar surface area (TPSA) is 80.5 Å². The Labute approximate surface area is 176 Å². The molecule has 7 heteroatoms. The highest BCUT2D eigenvalue weighted by molar-refractivity contribution is 5.86. The lowest BCUT2D eigenvalue weighted by atomic mass is 10.0. The maximum Gasteiger partial charge on any atom is 0.333 e. The molecule has 3 aromatic rings. The predicted octanol–water partition coefficient (Wildman–Crippen LogP) is 3.63. The molecule has 0 unspecified atom stereocenters. The molecule has 0 spiro atoms. The van der Waals surface area contributed by atoms with Crippen LogP contribution in [0.5, 0.6) is 5.75 Å². The summed E-state index contributed by atoms with van der Waals surface area (Å²) in [4.78, 5) is 15.4. The SMILES string of the molecule is C=C(C)C(=O)OCCc1cc(CN(CC)CC)c(O)c(-n2nc3ccccc3n2)c1. The van der Waals surface area contributed by atoms with Crippen molar-refractivity contribution in [2.75, 3.05) is 19.7 Å². The Morgan fingerprint density at radius 2 is 1.80 bits per heavy atom. The van der Waals surface area contributed by atoms with Crippen LogP contribution >= 0.6 is 0 Å². The Kier molecular flexibility index (Phi) is 6.84. The van der Waals surface area contributed by atoms with Crippen LogP contribution in [0.3, 0.4) is 0 Å². The van der Waals surface area contributed by atoms with Crippen molar-refractivity contribution in [3.8, 4) is 11.4 Å². The summed E-state index contributed by atoms with van der Waals surface area (Å²) in [6.45, 7) is 12.0. The molecular weight excluding hydrogens is 380 g/mol. The van der Waals surface area contributed by atoms with Gasteiger partial charge in [0.2, 0.25) is 0 Å². The van der Waals surface area contributed by atoms with Crippen LogP contribution in [0.1, 0.15) is 31.9 Å². The van der Waals surface area contributed by atoms with Gasteiger partial charge in [-0.1, -0.05) is 38.6 Å². The highest BCUT2D eigenvalue weighted by Gasteiger charge is 2.16. The van der Waals surface area contributed by atoms with Crippen LogP contribution in [0.2, 0.25) is 0 Å². The Hall–Kier alpha value is -3.19. The number of aromatic hydroxyl groups is 1. The summed E-state index contributed by atoms with van der Waals surface area (Å²) < 4.78 is 5.25. The summed E-state index contributed by atoms with van der Waals surface area (Å²) in [5.41, 5.74) is 4.11. The van der Waals surface area contributed by atoms with E-state index in [0.717, 1.165) is 35.2 Å². The van der Waals surface area contributed by atoms with Gasteiger partial charge >= 0.3 is 5.97 Å². The maximum atomic E-state index is 11.7. The number of nitrogens with zero attached hydrogens (tertiary/aromatic N) is 4. The van der Waals surface area contributed by atoms with E-state index in [4.69, 9.17) is 4.74 Å². The number of hydrogen-bond acceptors (Lipinski definition) is 6. The van der Waals surface area contributed by atoms with Crippen molar-refractivity contribution < 1.29 is 14.6 Å². The molecule has 0 aliphatic rings. The molecule has 0 atom stereocenters. The molecule has 1 heterocycles. The van der Waals surface area contributed by atoms with E-state index in [1.54, 1.807) is 6.92 Å². The molecule has 0 bridgehead atoms. The van der Waals surface area contributed by atoms with E-state index in [9.17, 15) is 9.90 Å². The number of carbonyl (C=O) groups excluding carboxylic acids is 1. The van der Waals surface area contributed by atoms with Crippen molar-refractivity contribution in [3.05, 3.63) is 59.7 Å². The van der Waals surface area contributed by atoms with Crippen LogP contribution in [0.15, 0.2) is 48.6 Å². The van der Waals surface area contributed by atoms with Gasteiger partial charge in [-0.05, 0) is 43.8 Å². The van der Waals surface area contributed by atoms with E-state index in [1.807, 2.05) is 36.4 Å². The second-order valence-corrected chi connectivity index (χ2v) is 7.23. The quantitative estimate of drug-likeness (QED) is 0.430. The fourth-order valence-corrected chi connectivity index (χ4v) is 3.20. The zero-order valence-electron chi connectivity index (χ0n) is 17.8. The average molecular weight is 409 g/mol. The van der Waals surface area contributed by atoms with Gasteiger partial charge in [0.15, 0.2) is 0 Å². The first kappa shape index (κ1) is 21.5. The summed E-state index contributed by atoms with van der Waals surface area (Å²) in [5.74, 6) is -0.248. The van der Waals surface area contributed by atoms with Crippen molar-refractivity contribution in [3.63, 3.8) is 0 Å². The minimum Gasteiger partial charge on any atom is -0.505 e. The molecule has 1 aromatic heterocycles. The molecule has 158 valence electrons. The van der Waals surface area contributed by atoms with Gasteiger partial charge < -0.3 is 9.84 Å². The number of rotatable bonds is 9. The van der Waals surface area contributed by atoms with Gasteiger partial charge in [-0.3, -0.25) is 4.90 Å². The van der Waals surface area contributed by atoms with Crippen molar-refractivity contribution in [2.24, 2.45) is 0 Å². The van der Waals surface area contributed by atoms with E-state index < -0.39 is 5.97 Å². The first-order chi connectivity index (χ1) is 14.4. The van der Waals surface area contributed by atoms with Gasteiger partial charge in [-0.25, -0.2) is 4.79 Å². The van der Waals surface area contributed by atoms with Crippen LogP contribution in [0.4, 0.5) is 0 Å². The number of benzene rings is 2. The molecule has 0 aliphatic carbocycles. The third-order valence-corrected chi connectivity index (χ3v) is 4.99. The Balaban J connectivity index is 1.96. The first-order valence-electron chi connectivity index (χ1n) is 10.1. The van der Waals surface area contributed by atoms with Crippen LogP contribution in [-0.2, 0) is 22.5 Å². The zero-order chi connectivity index (χ0) is 21.7. The minimum absolute atomic E-state index is 0.157. The standard InChI is InChI=1S/C23H28N4O3/c1-5-26(6-2)15-18-13-17(11-12-30-23(29)16(3)4)14-21(22(18)28)27-24-19-9-7-8-10-20(19)25-27/h7-10,13-14,28H,3,5-6,11-12,15H2,1-2,4H3. The molecule has 0 amide bonds. The fraction of sp³-hybridized carbons (Fsp3) is 0.348. The van der Waals surface area contributed by atoms with Gasteiger partial charge in [-0.15, -0.1) is 15.0 Å². The smallest absolute Gasteiger partial charge is 0.333 e. The summed E-state index contributed by atoms with van der Waals surface area (Å²) in [7, 11) is 0. The van der Waals surface area contributed by atoms with Crippen molar-refractivity contribution >= 4 is 17.0 Å². The van der Waals surface area contributed by atoms with Gasteiger partial charge in [0.05, 0.1) is 6.61 Å². The number of phenols is 1. The molecule has 7 nitrogen and oxygen atoms in total. The number of ether oxygens (including phenoxy) is 1. The Morgan fingerprint density at radius 3 is 2.37 bits per heavy atom. The highest BCUT2D eigenvalue weighted by atomic mass is 16.5. The fourth-order valence-electron chi connectivity index (χ4n) is 3.20. The molecular formula is C23H28N4O3. The number of phenolic OH excluding ortho intramolecular Hbond substituents is 1. The summed E-state index contributed by atoms with van der Waals surface area (Å²) in [6.07, 6.45) is 0.512. The van der Waals surface area contributed by atoms with E-state index in [-0.39, 0.29) is 12.4 Å². The molecule has 3 rings (SSSR count). The van der Waals surface area contributed by atoms with Gasteiger partial charge in [0.1, 0.15) is 22.5 Å². The van der Waals surface area contributed by atoms with Crippen LogP contribution in [-0.4, -0.2) is 50.7 Å². The molecule has 0 saturated heterocycles. The van der Waals surface area contributed by atoms with Crippen LogP contribution in [0, 0.1) is 0 Å². The Morgan fingerprint density at radius 1 is 1.17 bits per heavy atom. The van der Waals surface area contributed by atoms with Crippen LogP contribution < -0.4 is 0 Å². The molecule has 0 radical (unpaired) electrons. The minimum atomic E-state index is -0.405. The zero-order valence-corrected chi connectivity index (χ0v) is 17.8. The van der Waals surface area contributed by atoms with E-state index in [2.05, 4.69) is 35.5 Å². The summed E-state index contributed by atoms with van der Waals surface area (Å²) in [5, 5.41) is 20.0. The number of fused-ring (bicyclic) bond motifs is 1. The normalized spacial score (nSPS) is 11.2. The highest BCUT2D eigenvalue weighted by Crippen LogP contribution is 2.29. The van der Waals surface area contributed by atoms with Gasteiger partial charge in [0.25, 0.3) is 0 Å². The lowest BCUT2D eigenvalue weighted by Crippen LogP contribution is -2.22. The average Bonchev–Trinajstić information content (AvgIpc) is 3.17. The van der Waals surface area contributed by atoms with Gasteiger partial charge in [-0.2, -0.15) is 0 Å². The largest absolute Gasteiger partial charge is 0.505 e. The number of esters is 1. The van der Waals surface area contributed by atoms with Gasteiger partial charge in [0, 0.05) is 24.1 Å². The van der Waals surface area contributed by atoms with E-state index in [0.29, 0.717) is 24.2 Å². The number of aromatic nitrogens is 3. The second kappa shape index (κ2) is 9.54. The third kappa shape index (κ3) is 4.86. The number of hydrogen-bond donors (Lipinski definition) is 1. The van der Waals surface area contributed by atoms with Crippen LogP contribution in [0.25, 0.3) is 16.7 Å². The van der Waals surface area contributed by atoms with Crippen molar-refractivity contribution in [1.82, 2.24) is 19.9 Å². The maximum absolute atomic E-state index is 11.7. The van der Waals surface area contributed by atoms with Crippen molar-refractivity contribution in [1.29, 1.82) is 0 Å². The molecule has 2 aromatic carbocycles. The van der Waals surface area contributed by atoms with E-state index in [1.165, 1.54) is 4.80 Å². The Bertz CT molecular complexity index is 1020. The first-order valence-corrected chi connectivity index (χ1v) is 10.1. The third-order valence-electron chi connectivity index (χ3n) is 4.99. The molecule has 0 aliphatic heterocycles. The monoisotopic (exact) mass is 408 g/mol. The predicted molar refractivity (Wildman–Crippen MR) is 117 cm³/mol. The molecule has 30 heavy (non-hydrogen) atoms. The lowest BCUT2D eigenvalue weighted by Gasteiger charge is -2.20. The number of carbonyl (C=O) groups is 1. The molecule has 1 N–H and O–H groups in total. The lowest BCUT2D eigenvalue weighted by molar-refractivity contribution is -0.138. The molecule has 0 saturated carbocycles. The molecule has 0 fully saturated rings. The van der Waals surface area contributed by atoms with E-state index >= 15 is 0 Å². The second-order valence-electron chi connectivity index (χ2n) is 7.23. The van der Waals surface area contributed by atoms with Crippen molar-refractivity contribution in [2.45, 2.75) is 33.7 Å². The summed E-state index contributed by atoms with van der Waals surface area (Å²) >= 11 is 0. The summed E-state index contributed by atoms with van der Waals surface area (Å²) in [6, 6.07) is 11.4.